The van der Waals surface area contributed by atoms with Crippen LogP contribution in [0.3, 0.4) is 0 Å². The molecule has 0 aromatic heterocycles. The number of unbranched alkanes of at least 4 members (excludes halogenated alkanes) is 20. The molecule has 0 saturated carbocycles. The molecule has 0 atom stereocenters. The molecule has 0 saturated heterocycles. The first-order valence-electron chi connectivity index (χ1n) is 14.7. The van der Waals surface area contributed by atoms with E-state index in [4.69, 9.17) is 6.96 Å². The molecule has 0 aliphatic rings. The van der Waals surface area contributed by atoms with Gasteiger partial charge in [-0.1, -0.05) is 39.5 Å². The molecule has 0 bridgehead atoms. The van der Waals surface area contributed by atoms with E-state index in [1.54, 1.807) is 0 Å². The Bertz CT molecular complexity index is 439. The molecule has 7 heteroatoms. The summed E-state index contributed by atoms with van der Waals surface area (Å²) in [4.78, 5) is 0. The number of rotatable bonds is 28. The third-order valence-corrected chi connectivity index (χ3v) is 13.2. The predicted octanol–water partition coefficient (Wildman–Crippen LogP) is 8.32. The van der Waals surface area contributed by atoms with Crippen molar-refractivity contribution < 1.29 is 28.2 Å². The Labute approximate surface area is 214 Å². The fourth-order valence-corrected chi connectivity index (χ4v) is 10.2. The van der Waals surface area contributed by atoms with Crippen molar-refractivity contribution in [3.8, 4) is 0 Å². The maximum absolute atomic E-state index is 11.9. The summed E-state index contributed by atoms with van der Waals surface area (Å²) in [6, 6.07) is 1.92. The van der Waals surface area contributed by atoms with Gasteiger partial charge in [0.2, 0.25) is 0 Å². The Morgan fingerprint density at radius 1 is 0.424 bits per heavy atom. The van der Waals surface area contributed by atoms with Crippen LogP contribution in [-0.4, -0.2) is 19.5 Å². The molecule has 0 rings (SSSR count). The fraction of sp³-hybridized carbons (Fsp3) is 1.00. The third-order valence-electron chi connectivity index (χ3n) is 6.45. The zero-order valence-electron chi connectivity index (χ0n) is 22.4. The van der Waals surface area contributed by atoms with Crippen LogP contribution in [0.1, 0.15) is 155 Å². The number of hydrogen-bond acceptors (Lipinski definition) is 4. The molecule has 0 amide bonds. The first-order chi connectivity index (χ1) is 16.1. The van der Waals surface area contributed by atoms with Crippen LogP contribution < -0.4 is 0 Å². The fourth-order valence-electron chi connectivity index (χ4n) is 4.24. The van der Waals surface area contributed by atoms with Gasteiger partial charge in [0.05, 0.1) is 0 Å². The topological polar surface area (TPSA) is 52.6 Å². The van der Waals surface area contributed by atoms with E-state index < -0.39 is 33.1 Å². The summed E-state index contributed by atoms with van der Waals surface area (Å²) in [6.07, 6.45) is 29.2. The minimum atomic E-state index is -4.47. The van der Waals surface area contributed by atoms with E-state index >= 15 is 0 Å². The van der Waals surface area contributed by atoms with Crippen molar-refractivity contribution in [1.29, 1.82) is 0 Å². The molecule has 0 spiro atoms. The van der Waals surface area contributed by atoms with Crippen molar-refractivity contribution in [3.05, 3.63) is 0 Å². The zero-order valence-corrected chi connectivity index (χ0v) is 26.5. The second kappa shape index (κ2) is 27.1. The van der Waals surface area contributed by atoms with Gasteiger partial charge >= 0.3 is 175 Å². The summed E-state index contributed by atoms with van der Waals surface area (Å²) in [5.41, 5.74) is 0. The molecular formula is C26H58CrO4Si2. The molecule has 0 heterocycles. The average Bonchev–Trinajstić information content (AvgIpc) is 2.80. The van der Waals surface area contributed by atoms with Crippen LogP contribution in [0.25, 0.3) is 0 Å². The Morgan fingerprint density at radius 3 is 0.939 bits per heavy atom. The van der Waals surface area contributed by atoms with Gasteiger partial charge in [-0.15, -0.1) is 0 Å². The minimum absolute atomic E-state index is 0.962. The first-order valence-corrected chi connectivity index (χ1v) is 19.9. The Hall–Kier alpha value is 0.486. The monoisotopic (exact) mass is 542 g/mol. The van der Waals surface area contributed by atoms with E-state index in [1.807, 2.05) is 0 Å². The van der Waals surface area contributed by atoms with Gasteiger partial charge in [0.1, 0.15) is 0 Å². The van der Waals surface area contributed by atoms with Crippen molar-refractivity contribution in [2.45, 2.75) is 167 Å². The second-order valence-electron chi connectivity index (χ2n) is 9.83. The summed E-state index contributed by atoms with van der Waals surface area (Å²) in [6.45, 7) is 4.53. The van der Waals surface area contributed by atoms with Crippen LogP contribution in [0, 0.1) is 0 Å². The predicted molar refractivity (Wildman–Crippen MR) is 143 cm³/mol. The van der Waals surface area contributed by atoms with Crippen molar-refractivity contribution in [2.75, 3.05) is 0 Å². The van der Waals surface area contributed by atoms with Crippen LogP contribution in [0.4, 0.5) is 0 Å². The van der Waals surface area contributed by atoms with E-state index in [0.717, 1.165) is 24.9 Å². The zero-order chi connectivity index (χ0) is 24.3. The Balaban J connectivity index is 3.30. The van der Waals surface area contributed by atoms with Crippen LogP contribution >= 0.6 is 0 Å². The van der Waals surface area contributed by atoms with Crippen LogP contribution in [0.2, 0.25) is 12.1 Å². The molecule has 200 valence electrons. The van der Waals surface area contributed by atoms with Gasteiger partial charge in [-0.05, 0) is 0 Å². The molecule has 0 aliphatic heterocycles. The van der Waals surface area contributed by atoms with Gasteiger partial charge < -0.3 is 0 Å². The van der Waals surface area contributed by atoms with Gasteiger partial charge in [-0.2, -0.15) is 0 Å². The summed E-state index contributed by atoms with van der Waals surface area (Å²) >= 11 is -4.47. The van der Waals surface area contributed by atoms with Gasteiger partial charge in [0.15, 0.2) is 0 Å². The molecule has 0 N–H and O–H groups in total. The van der Waals surface area contributed by atoms with Crippen molar-refractivity contribution in [3.63, 3.8) is 0 Å². The van der Waals surface area contributed by atoms with Crippen molar-refractivity contribution in [1.82, 2.24) is 0 Å². The van der Waals surface area contributed by atoms with Gasteiger partial charge in [-0.3, -0.25) is 0 Å². The van der Waals surface area contributed by atoms with Crippen molar-refractivity contribution >= 4 is 19.5 Å². The Morgan fingerprint density at radius 2 is 0.667 bits per heavy atom. The molecule has 0 unspecified atom stereocenters. The summed E-state index contributed by atoms with van der Waals surface area (Å²) in [5.74, 6) is 0. The molecule has 33 heavy (non-hydrogen) atoms. The first kappa shape index (κ1) is 33.5. The van der Waals surface area contributed by atoms with Gasteiger partial charge in [-0.25, -0.2) is 0 Å². The molecule has 0 aromatic rings. The minimum Gasteiger partial charge on any atom is -0.0654 e. The third kappa shape index (κ3) is 28.6. The van der Waals surface area contributed by atoms with Gasteiger partial charge in [0, 0.05) is 0 Å². The van der Waals surface area contributed by atoms with E-state index in [1.165, 1.54) is 128 Å². The van der Waals surface area contributed by atoms with Crippen LogP contribution in [0.15, 0.2) is 0 Å². The average molecular weight is 543 g/mol. The Kier molecular flexibility index (Phi) is 27.5. The molecule has 0 radical (unpaired) electrons. The quantitative estimate of drug-likeness (QED) is 0.0736. The van der Waals surface area contributed by atoms with E-state index in [0.29, 0.717) is 0 Å². The van der Waals surface area contributed by atoms with E-state index in [-0.39, 0.29) is 0 Å². The van der Waals surface area contributed by atoms with Crippen LogP contribution in [-0.2, 0) is 28.2 Å². The second-order valence-corrected chi connectivity index (χ2v) is 16.0. The SMILES string of the molecule is CCCCCCCCCCCCC[SiH2][O][Cr](=[O])(=[O])[O][SiH2]CCCCCCCCCCCCC. The van der Waals surface area contributed by atoms with Crippen LogP contribution in [0.5, 0.6) is 0 Å². The molecule has 0 aromatic carbocycles. The summed E-state index contributed by atoms with van der Waals surface area (Å²) < 4.78 is 34.3. The van der Waals surface area contributed by atoms with E-state index in [9.17, 15) is 7.61 Å². The molecule has 0 fully saturated rings. The molecule has 0 aliphatic carbocycles. The summed E-state index contributed by atoms with van der Waals surface area (Å²) in [5, 5.41) is 0. The van der Waals surface area contributed by atoms with Crippen molar-refractivity contribution in [2.24, 2.45) is 0 Å². The van der Waals surface area contributed by atoms with Gasteiger partial charge in [0.25, 0.3) is 0 Å². The standard InChI is InChI=1S/2C13H29OSi.Cr.2O/c2*1-2-3-4-5-6-7-8-9-10-11-12-13-15-14;;;/h2*2-13,15H2,1H3;;;/q2*-1;+2;;. The maximum atomic E-state index is 11.9. The summed E-state index contributed by atoms with van der Waals surface area (Å²) in [7, 11) is -1.94. The smallest absolute Gasteiger partial charge is 0.0654 e. The number of hydrogen-bond donors (Lipinski definition) is 0. The normalized spacial score (nSPS) is 12.7. The molecule has 4 nitrogen and oxygen atoms in total. The van der Waals surface area contributed by atoms with E-state index in [2.05, 4.69) is 13.8 Å². The molecular weight excluding hydrogens is 484 g/mol.